The molecule has 0 heterocycles. The lowest BCUT2D eigenvalue weighted by Gasteiger charge is -2.18. The van der Waals surface area contributed by atoms with Gasteiger partial charge in [0.1, 0.15) is 0 Å². The minimum Gasteiger partial charge on any atom is -1.00 e. The van der Waals surface area contributed by atoms with Gasteiger partial charge in [-0.3, -0.25) is 0 Å². The SMILES string of the molecule is C[P+](C)(Cc1ccccc1)Cc1ccccc1.[I-]. The van der Waals surface area contributed by atoms with Crippen molar-refractivity contribution in [3.05, 3.63) is 71.8 Å². The van der Waals surface area contributed by atoms with Crippen LogP contribution in [-0.4, -0.2) is 13.3 Å². The molecule has 0 aliphatic heterocycles. The number of benzene rings is 2. The van der Waals surface area contributed by atoms with Crippen molar-refractivity contribution in [3.63, 3.8) is 0 Å². The van der Waals surface area contributed by atoms with Gasteiger partial charge >= 0.3 is 0 Å². The molecule has 2 rings (SSSR count). The van der Waals surface area contributed by atoms with Gasteiger partial charge in [-0.2, -0.15) is 0 Å². The zero-order valence-electron chi connectivity index (χ0n) is 11.0. The highest BCUT2D eigenvalue weighted by atomic mass is 127. The molecule has 0 saturated heterocycles. The second-order valence-corrected chi connectivity index (χ2v) is 9.73. The first-order chi connectivity index (χ1) is 8.16. The standard InChI is InChI=1S/C16H20P.HI/c1-17(2,13-15-9-5-3-6-10-15)14-16-11-7-4-8-12-16;/h3-12H,13-14H2,1-2H3;1H/q+1;/p-1. The van der Waals surface area contributed by atoms with E-state index < -0.39 is 7.26 Å². The molecule has 2 heteroatoms. The molecule has 0 amide bonds. The van der Waals surface area contributed by atoms with Crippen molar-refractivity contribution in [2.75, 3.05) is 13.3 Å². The average Bonchev–Trinajstić information content (AvgIpc) is 2.30. The Morgan fingerprint density at radius 1 is 0.667 bits per heavy atom. The highest BCUT2D eigenvalue weighted by Crippen LogP contribution is 2.57. The van der Waals surface area contributed by atoms with Crippen molar-refractivity contribution >= 4 is 7.26 Å². The summed E-state index contributed by atoms with van der Waals surface area (Å²) in [5.41, 5.74) is 2.95. The number of hydrogen-bond donors (Lipinski definition) is 0. The minimum absolute atomic E-state index is 0. The van der Waals surface area contributed by atoms with E-state index in [1.165, 1.54) is 23.5 Å². The van der Waals surface area contributed by atoms with Gasteiger partial charge in [-0.15, -0.1) is 0 Å². The van der Waals surface area contributed by atoms with E-state index in [1.807, 2.05) is 0 Å². The van der Waals surface area contributed by atoms with Gasteiger partial charge in [0.25, 0.3) is 0 Å². The molecule has 0 fully saturated rings. The summed E-state index contributed by atoms with van der Waals surface area (Å²) < 4.78 is 0. The second-order valence-electron chi connectivity index (χ2n) is 5.22. The first kappa shape index (κ1) is 15.7. The number of hydrogen-bond acceptors (Lipinski definition) is 0. The van der Waals surface area contributed by atoms with Crippen molar-refractivity contribution in [3.8, 4) is 0 Å². The van der Waals surface area contributed by atoms with Gasteiger partial charge < -0.3 is 24.0 Å². The van der Waals surface area contributed by atoms with E-state index in [0.717, 1.165) is 0 Å². The molecule has 96 valence electrons. The van der Waals surface area contributed by atoms with Crippen molar-refractivity contribution in [2.24, 2.45) is 0 Å². The molecule has 0 nitrogen and oxygen atoms in total. The summed E-state index contributed by atoms with van der Waals surface area (Å²) in [5.74, 6) is 0. The zero-order valence-corrected chi connectivity index (χ0v) is 14.1. The van der Waals surface area contributed by atoms with Crippen molar-refractivity contribution < 1.29 is 24.0 Å². The third-order valence-electron chi connectivity index (χ3n) is 2.91. The van der Waals surface area contributed by atoms with Crippen LogP contribution in [0, 0.1) is 0 Å². The van der Waals surface area contributed by atoms with Gasteiger partial charge in [0.05, 0.1) is 12.3 Å². The van der Waals surface area contributed by atoms with Gasteiger partial charge in [-0.25, -0.2) is 0 Å². The van der Waals surface area contributed by atoms with Crippen LogP contribution in [0.15, 0.2) is 60.7 Å². The van der Waals surface area contributed by atoms with E-state index in [0.29, 0.717) is 0 Å². The monoisotopic (exact) mass is 370 g/mol. The van der Waals surface area contributed by atoms with Crippen LogP contribution < -0.4 is 24.0 Å². The van der Waals surface area contributed by atoms with Gasteiger partial charge in [-0.05, 0) is 11.1 Å². The summed E-state index contributed by atoms with van der Waals surface area (Å²) in [6.07, 6.45) is 2.48. The molecule has 0 radical (unpaired) electrons. The van der Waals surface area contributed by atoms with Crippen LogP contribution in [-0.2, 0) is 12.3 Å². The highest BCUT2D eigenvalue weighted by Gasteiger charge is 2.25. The quantitative estimate of drug-likeness (QED) is 0.568. The third-order valence-corrected chi connectivity index (χ3v) is 5.35. The van der Waals surface area contributed by atoms with Crippen LogP contribution in [0.2, 0.25) is 0 Å². The molecule has 0 atom stereocenters. The van der Waals surface area contributed by atoms with Crippen LogP contribution in [0.4, 0.5) is 0 Å². The molecular weight excluding hydrogens is 350 g/mol. The maximum atomic E-state index is 2.45. The molecule has 0 spiro atoms. The molecule has 18 heavy (non-hydrogen) atoms. The van der Waals surface area contributed by atoms with Gasteiger partial charge in [0.15, 0.2) is 0 Å². The fourth-order valence-electron chi connectivity index (χ4n) is 2.21. The van der Waals surface area contributed by atoms with Crippen molar-refractivity contribution in [2.45, 2.75) is 12.3 Å². The predicted octanol–water partition coefficient (Wildman–Crippen LogP) is 1.67. The molecule has 0 aliphatic carbocycles. The van der Waals surface area contributed by atoms with E-state index in [2.05, 4.69) is 74.0 Å². The first-order valence-corrected chi connectivity index (χ1v) is 9.11. The fourth-order valence-corrected chi connectivity index (χ4v) is 4.72. The largest absolute Gasteiger partial charge is 1.00 e. The molecule has 0 bridgehead atoms. The van der Waals surface area contributed by atoms with E-state index in [9.17, 15) is 0 Å². The summed E-state index contributed by atoms with van der Waals surface area (Å²) >= 11 is 0. The highest BCUT2D eigenvalue weighted by molar-refractivity contribution is 7.72. The Bertz CT molecular complexity index is 408. The number of halogens is 1. The Morgan fingerprint density at radius 2 is 1.00 bits per heavy atom. The van der Waals surface area contributed by atoms with E-state index in [-0.39, 0.29) is 24.0 Å². The van der Waals surface area contributed by atoms with E-state index >= 15 is 0 Å². The second kappa shape index (κ2) is 7.25. The van der Waals surface area contributed by atoms with E-state index in [1.54, 1.807) is 0 Å². The van der Waals surface area contributed by atoms with Crippen LogP contribution >= 0.6 is 7.26 Å². The molecule has 0 aromatic heterocycles. The Hall–Kier alpha value is -0.400. The molecule has 0 saturated carbocycles. The molecule has 2 aromatic rings. The van der Waals surface area contributed by atoms with Crippen molar-refractivity contribution in [1.82, 2.24) is 0 Å². The smallest absolute Gasteiger partial charge is 0.0840 e. The topological polar surface area (TPSA) is 0 Å². The van der Waals surface area contributed by atoms with Crippen LogP contribution in [0.3, 0.4) is 0 Å². The van der Waals surface area contributed by atoms with Gasteiger partial charge in [0, 0.05) is 20.6 Å². The minimum atomic E-state index is -0.886. The normalized spacial score (nSPS) is 10.8. The van der Waals surface area contributed by atoms with Gasteiger partial charge in [-0.1, -0.05) is 60.7 Å². The first-order valence-electron chi connectivity index (χ1n) is 6.06. The summed E-state index contributed by atoms with van der Waals surface area (Å²) in [4.78, 5) is 0. The van der Waals surface area contributed by atoms with E-state index in [4.69, 9.17) is 0 Å². The molecule has 0 unspecified atom stereocenters. The fraction of sp³-hybridized carbons (Fsp3) is 0.250. The third kappa shape index (κ3) is 5.07. The lowest BCUT2D eigenvalue weighted by Crippen LogP contribution is -3.00. The average molecular weight is 370 g/mol. The summed E-state index contributed by atoms with van der Waals surface area (Å²) in [7, 11) is -0.886. The molecule has 0 aliphatic rings. The van der Waals surface area contributed by atoms with Crippen LogP contribution in [0.1, 0.15) is 11.1 Å². The summed E-state index contributed by atoms with van der Waals surface area (Å²) in [6.45, 7) is 4.90. The lowest BCUT2D eigenvalue weighted by molar-refractivity contribution is -0.00000376. The zero-order chi connectivity index (χ0) is 12.1. The molecule has 0 N–H and O–H groups in total. The van der Waals surface area contributed by atoms with Crippen molar-refractivity contribution in [1.29, 1.82) is 0 Å². The molecular formula is C16H20IP. The summed E-state index contributed by atoms with van der Waals surface area (Å²) in [5, 5.41) is 0. The maximum Gasteiger partial charge on any atom is 0.0840 e. The van der Waals surface area contributed by atoms with Gasteiger partial charge in [0.2, 0.25) is 0 Å². The molecule has 2 aromatic carbocycles. The van der Waals surface area contributed by atoms with Crippen LogP contribution in [0.5, 0.6) is 0 Å². The lowest BCUT2D eigenvalue weighted by atomic mass is 10.2. The summed E-state index contributed by atoms with van der Waals surface area (Å²) in [6, 6.07) is 21.7. The maximum absolute atomic E-state index is 2.45. The predicted molar refractivity (Wildman–Crippen MR) is 79.1 cm³/mol. The Morgan fingerprint density at radius 3 is 1.33 bits per heavy atom. The Labute approximate surface area is 128 Å². The Balaban J connectivity index is 0.00000162. The van der Waals surface area contributed by atoms with Crippen LogP contribution in [0.25, 0.3) is 0 Å². The Kier molecular flexibility index (Phi) is 6.31. The number of rotatable bonds is 4.